The number of amides is 1. The van der Waals surface area contributed by atoms with Gasteiger partial charge in [-0.1, -0.05) is 11.2 Å². The van der Waals surface area contributed by atoms with Gasteiger partial charge in [0.2, 0.25) is 0 Å². The lowest BCUT2D eigenvalue weighted by Gasteiger charge is -2.03. The number of carbonyl (C=O) groups excluding carboxylic acids is 1. The van der Waals surface area contributed by atoms with E-state index in [0.717, 1.165) is 16.1 Å². The zero-order valence-corrected chi connectivity index (χ0v) is 13.5. The van der Waals surface area contributed by atoms with Crippen molar-refractivity contribution in [1.82, 2.24) is 15.3 Å². The summed E-state index contributed by atoms with van der Waals surface area (Å²) in [5.74, 6) is -0.362. The number of rotatable bonds is 3. The smallest absolute Gasteiger partial charge is 0.279 e. The summed E-state index contributed by atoms with van der Waals surface area (Å²) in [7, 11) is 0. The van der Waals surface area contributed by atoms with Crippen molar-refractivity contribution in [2.24, 2.45) is 0 Å². The van der Waals surface area contributed by atoms with E-state index in [9.17, 15) is 4.79 Å². The minimum absolute atomic E-state index is 0.139. The van der Waals surface area contributed by atoms with Crippen molar-refractivity contribution in [1.29, 1.82) is 0 Å². The Balaban J connectivity index is 1.57. The maximum absolute atomic E-state index is 11.9. The fraction of sp³-hybridized carbons (Fsp3) is 0.0588. The number of thiazole rings is 1. The fourth-order valence-corrected chi connectivity index (χ4v) is 3.38. The van der Waals surface area contributed by atoms with E-state index in [1.807, 2.05) is 30.3 Å². The molecule has 2 heterocycles. The van der Waals surface area contributed by atoms with Crippen LogP contribution < -0.4 is 5.32 Å². The van der Waals surface area contributed by atoms with Gasteiger partial charge in [0.15, 0.2) is 5.69 Å². The molecule has 0 aliphatic heterocycles. The lowest BCUT2D eigenvalue weighted by molar-refractivity contribution is 0.101. The standard InChI is InChI=1S/C17H12N4O2S/c1-10-2-7-13-15(8-10)24-17(20-13)11-3-5-12(6-4-11)19-16(22)14-9-18-23-21-14/h2-9H,1H3,(H,19,22). The number of aromatic nitrogens is 3. The van der Waals surface area contributed by atoms with Gasteiger partial charge in [0.05, 0.1) is 10.2 Å². The van der Waals surface area contributed by atoms with Crippen molar-refractivity contribution >= 4 is 33.1 Å². The number of carbonyl (C=O) groups is 1. The molecule has 2 aromatic carbocycles. The maximum Gasteiger partial charge on any atom is 0.279 e. The normalized spacial score (nSPS) is 10.9. The molecule has 4 rings (SSSR count). The fourth-order valence-electron chi connectivity index (χ4n) is 2.31. The highest BCUT2D eigenvalue weighted by atomic mass is 32.1. The summed E-state index contributed by atoms with van der Waals surface area (Å²) < 4.78 is 5.59. The minimum Gasteiger partial charge on any atom is -0.320 e. The second-order valence-electron chi connectivity index (χ2n) is 5.31. The van der Waals surface area contributed by atoms with E-state index in [1.54, 1.807) is 11.3 Å². The molecule has 0 saturated carbocycles. The molecule has 4 aromatic rings. The number of fused-ring (bicyclic) bond motifs is 1. The van der Waals surface area contributed by atoms with Crippen molar-refractivity contribution in [3.05, 3.63) is 59.9 Å². The summed E-state index contributed by atoms with van der Waals surface area (Å²) in [6, 6.07) is 13.8. The largest absolute Gasteiger partial charge is 0.320 e. The van der Waals surface area contributed by atoms with Gasteiger partial charge in [-0.3, -0.25) is 4.79 Å². The second-order valence-corrected chi connectivity index (χ2v) is 6.35. The predicted octanol–water partition coefficient (Wildman–Crippen LogP) is 3.91. The summed E-state index contributed by atoms with van der Waals surface area (Å²) in [6.07, 6.45) is 1.27. The van der Waals surface area contributed by atoms with Crippen molar-refractivity contribution in [2.45, 2.75) is 6.92 Å². The van der Waals surface area contributed by atoms with Crippen molar-refractivity contribution in [2.75, 3.05) is 5.32 Å². The third-order valence-electron chi connectivity index (χ3n) is 3.53. The molecule has 0 atom stereocenters. The Morgan fingerprint density at radius 3 is 2.75 bits per heavy atom. The van der Waals surface area contributed by atoms with Crippen LogP contribution in [0.3, 0.4) is 0 Å². The summed E-state index contributed by atoms with van der Waals surface area (Å²) >= 11 is 1.65. The van der Waals surface area contributed by atoms with Gasteiger partial charge < -0.3 is 5.32 Å². The Bertz CT molecular complexity index is 1010. The molecule has 0 aliphatic rings. The van der Waals surface area contributed by atoms with Gasteiger partial charge >= 0.3 is 0 Å². The van der Waals surface area contributed by atoms with Crippen LogP contribution in [0.25, 0.3) is 20.8 Å². The van der Waals surface area contributed by atoms with Crippen LogP contribution in [0.1, 0.15) is 16.1 Å². The lowest BCUT2D eigenvalue weighted by Crippen LogP contribution is -2.11. The number of nitrogens with zero attached hydrogens (tertiary/aromatic N) is 3. The quantitative estimate of drug-likeness (QED) is 0.613. The Labute approximate surface area is 141 Å². The first-order chi connectivity index (χ1) is 11.7. The Hall–Kier alpha value is -3.06. The molecule has 0 saturated heterocycles. The van der Waals surface area contributed by atoms with Gasteiger partial charge in [0.1, 0.15) is 11.2 Å². The average molecular weight is 336 g/mol. The molecule has 1 N–H and O–H groups in total. The van der Waals surface area contributed by atoms with Crippen LogP contribution in [0, 0.1) is 6.92 Å². The third-order valence-corrected chi connectivity index (χ3v) is 4.59. The molecule has 0 radical (unpaired) electrons. The number of aryl methyl sites for hydroxylation is 1. The SMILES string of the molecule is Cc1ccc2nc(-c3ccc(NC(=O)c4cnon4)cc3)sc2c1. The lowest BCUT2D eigenvalue weighted by atomic mass is 10.2. The summed E-state index contributed by atoms with van der Waals surface area (Å²) in [5.41, 5.74) is 4.04. The first kappa shape index (κ1) is 14.5. The van der Waals surface area contributed by atoms with Gasteiger partial charge in [0.25, 0.3) is 5.91 Å². The highest BCUT2D eigenvalue weighted by Gasteiger charge is 2.11. The Kier molecular flexibility index (Phi) is 3.55. The zero-order valence-electron chi connectivity index (χ0n) is 12.7. The summed E-state index contributed by atoms with van der Waals surface area (Å²) in [4.78, 5) is 16.6. The van der Waals surface area contributed by atoms with E-state index in [2.05, 4.69) is 44.3 Å². The van der Waals surface area contributed by atoms with E-state index in [1.165, 1.54) is 16.5 Å². The number of hydrogen-bond donors (Lipinski definition) is 1. The molecule has 6 nitrogen and oxygen atoms in total. The van der Waals surface area contributed by atoms with E-state index in [0.29, 0.717) is 5.69 Å². The topological polar surface area (TPSA) is 80.9 Å². The summed E-state index contributed by atoms with van der Waals surface area (Å²) in [6.45, 7) is 2.07. The second kappa shape index (κ2) is 5.86. The van der Waals surface area contributed by atoms with Crippen LogP contribution in [0.2, 0.25) is 0 Å². The van der Waals surface area contributed by atoms with Crippen LogP contribution in [0.4, 0.5) is 5.69 Å². The van der Waals surface area contributed by atoms with E-state index in [4.69, 9.17) is 0 Å². The maximum atomic E-state index is 11.9. The van der Waals surface area contributed by atoms with E-state index >= 15 is 0 Å². The van der Waals surface area contributed by atoms with Crippen LogP contribution in [0.15, 0.2) is 53.3 Å². The van der Waals surface area contributed by atoms with Crippen LogP contribution in [0.5, 0.6) is 0 Å². The highest BCUT2D eigenvalue weighted by Crippen LogP contribution is 2.31. The van der Waals surface area contributed by atoms with Crippen molar-refractivity contribution in [3.8, 4) is 10.6 Å². The molecule has 0 unspecified atom stereocenters. The highest BCUT2D eigenvalue weighted by molar-refractivity contribution is 7.21. The monoisotopic (exact) mass is 336 g/mol. The van der Waals surface area contributed by atoms with Crippen molar-refractivity contribution < 1.29 is 9.42 Å². The van der Waals surface area contributed by atoms with Gasteiger partial charge in [-0.05, 0) is 54.0 Å². The number of hydrogen-bond acceptors (Lipinski definition) is 6. The Morgan fingerprint density at radius 1 is 1.17 bits per heavy atom. The number of nitrogens with one attached hydrogen (secondary N) is 1. The zero-order chi connectivity index (χ0) is 16.5. The van der Waals surface area contributed by atoms with Gasteiger partial charge in [-0.2, -0.15) is 0 Å². The molecule has 24 heavy (non-hydrogen) atoms. The van der Waals surface area contributed by atoms with E-state index in [-0.39, 0.29) is 11.6 Å². The Morgan fingerprint density at radius 2 is 2.00 bits per heavy atom. The van der Waals surface area contributed by atoms with Crippen LogP contribution >= 0.6 is 11.3 Å². The predicted molar refractivity (Wildman–Crippen MR) is 92.0 cm³/mol. The van der Waals surface area contributed by atoms with Crippen molar-refractivity contribution in [3.63, 3.8) is 0 Å². The molecule has 0 fully saturated rings. The van der Waals surface area contributed by atoms with Crippen LogP contribution in [-0.4, -0.2) is 21.2 Å². The van der Waals surface area contributed by atoms with Crippen LogP contribution in [-0.2, 0) is 0 Å². The molecular formula is C17H12N4O2S. The molecule has 0 bridgehead atoms. The third kappa shape index (κ3) is 2.77. The molecule has 2 aromatic heterocycles. The first-order valence-corrected chi connectivity index (χ1v) is 8.07. The van der Waals surface area contributed by atoms with Gasteiger partial charge in [-0.15, -0.1) is 11.3 Å². The first-order valence-electron chi connectivity index (χ1n) is 7.25. The number of anilines is 1. The molecule has 118 valence electrons. The molecule has 0 spiro atoms. The number of benzene rings is 2. The van der Waals surface area contributed by atoms with Gasteiger partial charge in [-0.25, -0.2) is 9.61 Å². The molecule has 1 amide bonds. The molecular weight excluding hydrogens is 324 g/mol. The minimum atomic E-state index is -0.362. The average Bonchev–Trinajstić information content (AvgIpc) is 3.24. The van der Waals surface area contributed by atoms with E-state index < -0.39 is 0 Å². The van der Waals surface area contributed by atoms with Gasteiger partial charge in [0, 0.05) is 11.3 Å². The molecule has 7 heteroatoms. The molecule has 0 aliphatic carbocycles. The summed E-state index contributed by atoms with van der Waals surface area (Å²) in [5, 5.41) is 10.6.